The van der Waals surface area contributed by atoms with Crippen LogP contribution in [-0.2, 0) is 17.8 Å². The first-order valence-electron chi connectivity index (χ1n) is 10.1. The van der Waals surface area contributed by atoms with Gasteiger partial charge in [-0.05, 0) is 51.6 Å². The highest BCUT2D eigenvalue weighted by atomic mass is 16.6. The number of rotatable bonds is 6. The summed E-state index contributed by atoms with van der Waals surface area (Å²) >= 11 is 0. The Bertz CT molecular complexity index is 743. The monoisotopic (exact) mass is 384 g/mol. The fourth-order valence-electron chi connectivity index (χ4n) is 3.42. The van der Waals surface area contributed by atoms with E-state index in [1.165, 1.54) is 11.1 Å². The third kappa shape index (κ3) is 6.37. The number of nitrogens with zero attached hydrogens (tertiary/aromatic N) is 3. The quantitative estimate of drug-likeness (QED) is 0.826. The lowest BCUT2D eigenvalue weighted by Gasteiger charge is -2.33. The van der Waals surface area contributed by atoms with Gasteiger partial charge in [0.25, 0.3) is 0 Å². The predicted octanol–water partition coefficient (Wildman–Crippen LogP) is 3.67. The van der Waals surface area contributed by atoms with Gasteiger partial charge in [-0.25, -0.2) is 4.79 Å². The Morgan fingerprint density at radius 2 is 1.89 bits per heavy atom. The zero-order chi connectivity index (χ0) is 20.0. The average Bonchev–Trinajstić information content (AvgIpc) is 3.09. The second-order valence-corrected chi connectivity index (χ2v) is 8.57. The Morgan fingerprint density at radius 3 is 2.57 bits per heavy atom. The number of likely N-dealkylation sites (tertiary alicyclic amines) is 1. The van der Waals surface area contributed by atoms with Crippen LogP contribution in [-0.4, -0.2) is 46.0 Å². The third-order valence-corrected chi connectivity index (χ3v) is 4.90. The topological polar surface area (TPSA) is 59.4 Å². The zero-order valence-corrected chi connectivity index (χ0v) is 17.2. The van der Waals surface area contributed by atoms with Gasteiger partial charge in [0.15, 0.2) is 0 Å². The minimum atomic E-state index is -0.430. The molecular formula is C22H32N4O2. The Hall–Kier alpha value is -2.34. The van der Waals surface area contributed by atoms with Crippen LogP contribution < -0.4 is 5.32 Å². The molecule has 6 nitrogen and oxygen atoms in total. The van der Waals surface area contributed by atoms with Crippen LogP contribution in [0.1, 0.15) is 44.7 Å². The summed E-state index contributed by atoms with van der Waals surface area (Å²) in [7, 11) is 0. The van der Waals surface area contributed by atoms with Crippen molar-refractivity contribution >= 4 is 6.09 Å². The molecule has 1 aromatic heterocycles. The molecule has 2 heterocycles. The molecule has 1 aliphatic rings. The number of benzene rings is 1. The lowest BCUT2D eigenvalue weighted by molar-refractivity contribution is 0.0184. The highest BCUT2D eigenvalue weighted by Gasteiger charge is 2.26. The predicted molar refractivity (Wildman–Crippen MR) is 110 cm³/mol. The molecular weight excluding hydrogens is 352 g/mol. The summed E-state index contributed by atoms with van der Waals surface area (Å²) in [5.41, 5.74) is 2.02. The zero-order valence-electron chi connectivity index (χ0n) is 17.2. The van der Waals surface area contributed by atoms with Crippen molar-refractivity contribution < 1.29 is 9.53 Å². The second kappa shape index (κ2) is 9.24. The number of hydrogen-bond acceptors (Lipinski definition) is 4. The molecule has 0 spiro atoms. The summed E-state index contributed by atoms with van der Waals surface area (Å²) in [5, 5.41) is 8.00. The molecule has 1 amide bonds. The van der Waals surface area contributed by atoms with Gasteiger partial charge >= 0.3 is 6.09 Å². The lowest BCUT2D eigenvalue weighted by atomic mass is 9.97. The van der Waals surface area contributed by atoms with Crippen LogP contribution in [0.5, 0.6) is 0 Å². The largest absolute Gasteiger partial charge is 0.444 e. The van der Waals surface area contributed by atoms with Crippen molar-refractivity contribution in [2.75, 3.05) is 19.6 Å². The molecule has 2 aromatic rings. The van der Waals surface area contributed by atoms with E-state index < -0.39 is 5.60 Å². The number of amides is 1. The molecule has 0 atom stereocenters. The molecule has 28 heavy (non-hydrogen) atoms. The van der Waals surface area contributed by atoms with Gasteiger partial charge < -0.3 is 15.0 Å². The summed E-state index contributed by atoms with van der Waals surface area (Å²) in [5.74, 6) is 0.595. The smallest absolute Gasteiger partial charge is 0.410 e. The van der Waals surface area contributed by atoms with E-state index in [1.807, 2.05) is 42.6 Å². The number of aromatic nitrogens is 2. The van der Waals surface area contributed by atoms with Gasteiger partial charge in [0.05, 0.1) is 12.7 Å². The molecule has 1 aliphatic heterocycles. The lowest BCUT2D eigenvalue weighted by Crippen LogP contribution is -2.43. The first-order valence-corrected chi connectivity index (χ1v) is 10.1. The van der Waals surface area contributed by atoms with E-state index in [0.717, 1.165) is 45.6 Å². The van der Waals surface area contributed by atoms with Crippen LogP contribution in [0.25, 0.3) is 0 Å². The highest BCUT2D eigenvalue weighted by Crippen LogP contribution is 2.19. The van der Waals surface area contributed by atoms with Gasteiger partial charge in [0.2, 0.25) is 0 Å². The first kappa shape index (κ1) is 20.4. The molecule has 0 aliphatic carbocycles. The van der Waals surface area contributed by atoms with Crippen LogP contribution >= 0.6 is 0 Å². The normalized spacial score (nSPS) is 15.6. The van der Waals surface area contributed by atoms with Crippen LogP contribution in [0.2, 0.25) is 0 Å². The van der Waals surface area contributed by atoms with Gasteiger partial charge in [-0.3, -0.25) is 4.68 Å². The summed E-state index contributed by atoms with van der Waals surface area (Å²) in [6, 6.07) is 10.4. The average molecular weight is 385 g/mol. The Balaban J connectivity index is 1.36. The van der Waals surface area contributed by atoms with E-state index in [4.69, 9.17) is 4.74 Å². The first-order chi connectivity index (χ1) is 13.4. The maximum absolute atomic E-state index is 12.1. The molecule has 0 bridgehead atoms. The molecule has 6 heteroatoms. The van der Waals surface area contributed by atoms with Gasteiger partial charge in [0.1, 0.15) is 5.60 Å². The van der Waals surface area contributed by atoms with E-state index in [0.29, 0.717) is 5.92 Å². The second-order valence-electron chi connectivity index (χ2n) is 8.57. The van der Waals surface area contributed by atoms with E-state index in [1.54, 1.807) is 0 Å². The van der Waals surface area contributed by atoms with Crippen molar-refractivity contribution in [2.24, 2.45) is 5.92 Å². The summed E-state index contributed by atoms with van der Waals surface area (Å²) in [4.78, 5) is 14.0. The molecule has 1 N–H and O–H groups in total. The summed E-state index contributed by atoms with van der Waals surface area (Å²) in [6.07, 6.45) is 5.87. The van der Waals surface area contributed by atoms with E-state index in [2.05, 4.69) is 40.9 Å². The number of nitrogens with one attached hydrogen (secondary N) is 1. The SMILES string of the molecule is CC(C)(C)OC(=O)N1CCC(CNCc2cnn(Cc3ccccc3)c2)CC1. The van der Waals surface area contributed by atoms with Crippen LogP contribution in [0.15, 0.2) is 42.7 Å². The molecule has 152 valence electrons. The van der Waals surface area contributed by atoms with Crippen molar-refractivity contribution in [2.45, 2.75) is 52.3 Å². The summed E-state index contributed by atoms with van der Waals surface area (Å²) < 4.78 is 7.44. The third-order valence-electron chi connectivity index (χ3n) is 4.90. The van der Waals surface area contributed by atoms with Crippen LogP contribution in [0.4, 0.5) is 4.79 Å². The maximum Gasteiger partial charge on any atom is 0.410 e. The van der Waals surface area contributed by atoms with Crippen molar-refractivity contribution in [3.8, 4) is 0 Å². The van der Waals surface area contributed by atoms with E-state index >= 15 is 0 Å². The van der Waals surface area contributed by atoms with Gasteiger partial charge in [-0.2, -0.15) is 5.10 Å². The number of carbonyl (C=O) groups is 1. The van der Waals surface area contributed by atoms with Crippen molar-refractivity contribution in [1.29, 1.82) is 0 Å². The standard InChI is InChI=1S/C22H32N4O2/c1-22(2,3)28-21(27)25-11-9-18(10-12-25)13-23-14-20-15-24-26(17-20)16-19-7-5-4-6-8-19/h4-8,15,17-18,23H,9-14,16H2,1-3H3. The molecule has 1 aromatic carbocycles. The van der Waals surface area contributed by atoms with E-state index in [9.17, 15) is 4.79 Å². The molecule has 3 rings (SSSR count). The van der Waals surface area contributed by atoms with Crippen LogP contribution in [0.3, 0.4) is 0 Å². The Morgan fingerprint density at radius 1 is 1.18 bits per heavy atom. The minimum Gasteiger partial charge on any atom is -0.444 e. The Kier molecular flexibility index (Phi) is 6.73. The van der Waals surface area contributed by atoms with Gasteiger partial charge in [-0.1, -0.05) is 30.3 Å². The van der Waals surface area contributed by atoms with Gasteiger partial charge in [-0.15, -0.1) is 0 Å². The molecule has 0 unspecified atom stereocenters. The number of hydrogen-bond donors (Lipinski definition) is 1. The molecule has 0 radical (unpaired) electrons. The van der Waals surface area contributed by atoms with Crippen LogP contribution in [0, 0.1) is 5.92 Å². The fourth-order valence-corrected chi connectivity index (χ4v) is 3.42. The minimum absolute atomic E-state index is 0.190. The van der Waals surface area contributed by atoms with Crippen molar-refractivity contribution in [3.05, 3.63) is 53.9 Å². The molecule has 0 saturated carbocycles. The highest BCUT2D eigenvalue weighted by molar-refractivity contribution is 5.68. The van der Waals surface area contributed by atoms with E-state index in [-0.39, 0.29) is 6.09 Å². The number of piperidine rings is 1. The molecule has 1 saturated heterocycles. The van der Waals surface area contributed by atoms with Crippen molar-refractivity contribution in [3.63, 3.8) is 0 Å². The Labute approximate surface area is 167 Å². The van der Waals surface area contributed by atoms with Gasteiger partial charge in [0, 0.05) is 31.4 Å². The molecule has 1 fully saturated rings. The summed E-state index contributed by atoms with van der Waals surface area (Å²) in [6.45, 7) is 9.85. The fraction of sp³-hybridized carbons (Fsp3) is 0.545. The van der Waals surface area contributed by atoms with Crippen molar-refractivity contribution in [1.82, 2.24) is 20.0 Å². The maximum atomic E-state index is 12.1. The number of ether oxygens (including phenoxy) is 1. The number of carbonyl (C=O) groups excluding carboxylic acids is 1.